The molecule has 0 bridgehead atoms. The monoisotopic (exact) mass is 457 g/mol. The van der Waals surface area contributed by atoms with Crippen LogP contribution in [0, 0.1) is 0 Å². The molecule has 0 aliphatic carbocycles. The van der Waals surface area contributed by atoms with Crippen LogP contribution in [0.4, 0.5) is 5.69 Å². The average molecular weight is 458 g/mol. The summed E-state index contributed by atoms with van der Waals surface area (Å²) in [5.41, 5.74) is 2.01. The van der Waals surface area contributed by atoms with Gasteiger partial charge < -0.3 is 15.0 Å². The first-order chi connectivity index (χ1) is 15.4. The Balaban J connectivity index is 1.34. The molecule has 0 unspecified atom stereocenters. The van der Waals surface area contributed by atoms with E-state index in [0.717, 1.165) is 37.1 Å². The number of amides is 2. The highest BCUT2D eigenvalue weighted by Gasteiger charge is 2.22. The molecule has 0 spiro atoms. The summed E-state index contributed by atoms with van der Waals surface area (Å²) in [6, 6.07) is 13.5. The van der Waals surface area contributed by atoms with E-state index in [2.05, 4.69) is 10.0 Å². The van der Waals surface area contributed by atoms with E-state index < -0.39 is 10.0 Å². The molecule has 2 amide bonds. The number of rotatable bonds is 8. The van der Waals surface area contributed by atoms with E-state index in [1.165, 1.54) is 12.1 Å². The Bertz CT molecular complexity index is 1080. The molecule has 2 aromatic rings. The fraction of sp³-hybridized carbons (Fsp3) is 0.391. The van der Waals surface area contributed by atoms with Crippen LogP contribution in [0.5, 0.6) is 0 Å². The van der Waals surface area contributed by atoms with E-state index >= 15 is 0 Å². The van der Waals surface area contributed by atoms with Crippen LogP contribution >= 0.6 is 0 Å². The Labute approximate surface area is 188 Å². The molecule has 2 heterocycles. The first-order valence-corrected chi connectivity index (χ1v) is 12.3. The summed E-state index contributed by atoms with van der Waals surface area (Å²) in [6.07, 6.45) is 3.11. The van der Waals surface area contributed by atoms with Gasteiger partial charge in [0.1, 0.15) is 0 Å². The van der Waals surface area contributed by atoms with Gasteiger partial charge in [-0.1, -0.05) is 18.2 Å². The third-order valence-electron chi connectivity index (χ3n) is 5.71. The molecule has 1 atom stereocenters. The lowest BCUT2D eigenvalue weighted by Crippen LogP contribution is -2.32. The van der Waals surface area contributed by atoms with Crippen LogP contribution in [0.1, 0.15) is 41.6 Å². The van der Waals surface area contributed by atoms with Gasteiger partial charge in [0.15, 0.2) is 0 Å². The van der Waals surface area contributed by atoms with Crippen LogP contribution in [0.2, 0.25) is 0 Å². The third kappa shape index (κ3) is 5.35. The number of hydrogen-bond donors (Lipinski definition) is 2. The Morgan fingerprint density at radius 1 is 1.12 bits per heavy atom. The van der Waals surface area contributed by atoms with Crippen LogP contribution in [0.3, 0.4) is 0 Å². The Kier molecular flexibility index (Phi) is 6.88. The van der Waals surface area contributed by atoms with Crippen LogP contribution in [0.25, 0.3) is 0 Å². The summed E-state index contributed by atoms with van der Waals surface area (Å²) in [5, 5.41) is 2.81. The van der Waals surface area contributed by atoms with Crippen molar-refractivity contribution >= 4 is 27.5 Å². The van der Waals surface area contributed by atoms with Crippen molar-refractivity contribution in [3.8, 4) is 0 Å². The minimum atomic E-state index is -3.73. The molecular formula is C23H27N3O5S. The molecule has 2 aliphatic rings. The van der Waals surface area contributed by atoms with Crippen molar-refractivity contribution < 1.29 is 22.7 Å². The van der Waals surface area contributed by atoms with Crippen LogP contribution in [0.15, 0.2) is 53.4 Å². The number of anilines is 1. The smallest absolute Gasteiger partial charge is 0.251 e. The molecule has 2 saturated heterocycles. The highest BCUT2D eigenvalue weighted by molar-refractivity contribution is 7.89. The molecule has 8 nitrogen and oxygen atoms in total. The zero-order valence-electron chi connectivity index (χ0n) is 17.7. The number of ether oxygens (including phenoxy) is 1. The number of hydrogen-bond acceptors (Lipinski definition) is 5. The second-order valence-electron chi connectivity index (χ2n) is 8.01. The van der Waals surface area contributed by atoms with Crippen molar-refractivity contribution in [2.75, 3.05) is 24.6 Å². The molecule has 2 N–H and O–H groups in total. The SMILES string of the molecule is O=C(NCc1ccc(N2CCCC2=O)cc1)c1cccc(S(=O)(=O)NC[C@@H]2CCCO2)c1. The van der Waals surface area contributed by atoms with E-state index in [4.69, 9.17) is 4.74 Å². The van der Waals surface area contributed by atoms with Crippen molar-refractivity contribution in [2.24, 2.45) is 0 Å². The summed E-state index contributed by atoms with van der Waals surface area (Å²) in [6.45, 7) is 1.90. The summed E-state index contributed by atoms with van der Waals surface area (Å²) < 4.78 is 33.2. The van der Waals surface area contributed by atoms with Gasteiger partial charge in [0, 0.05) is 43.9 Å². The topological polar surface area (TPSA) is 105 Å². The van der Waals surface area contributed by atoms with E-state index in [9.17, 15) is 18.0 Å². The molecule has 0 saturated carbocycles. The van der Waals surface area contributed by atoms with Crippen molar-refractivity contribution in [1.82, 2.24) is 10.0 Å². The zero-order valence-corrected chi connectivity index (χ0v) is 18.6. The maximum atomic E-state index is 12.6. The molecule has 2 aromatic carbocycles. The molecule has 9 heteroatoms. The fourth-order valence-corrected chi connectivity index (χ4v) is 5.01. The molecule has 2 aliphatic heterocycles. The van der Waals surface area contributed by atoms with Crippen molar-refractivity contribution in [2.45, 2.75) is 43.2 Å². The molecule has 32 heavy (non-hydrogen) atoms. The van der Waals surface area contributed by atoms with E-state index in [0.29, 0.717) is 19.6 Å². The second kappa shape index (κ2) is 9.81. The van der Waals surface area contributed by atoms with Crippen molar-refractivity contribution in [3.63, 3.8) is 0 Å². The van der Waals surface area contributed by atoms with E-state index in [1.807, 2.05) is 24.3 Å². The predicted octanol–water partition coefficient (Wildman–Crippen LogP) is 2.20. The molecule has 2 fully saturated rings. The standard InChI is InChI=1S/C23H27N3O5S/c27-22-7-2-12-26(22)19-10-8-17(9-11-19)15-24-23(28)18-4-1-6-21(14-18)32(29,30)25-16-20-5-3-13-31-20/h1,4,6,8-11,14,20,25H,2-3,5,7,12-13,15-16H2,(H,24,28)/t20-/m0/s1. The number of benzene rings is 2. The Morgan fingerprint density at radius 3 is 2.62 bits per heavy atom. The minimum Gasteiger partial charge on any atom is -0.377 e. The first-order valence-electron chi connectivity index (χ1n) is 10.8. The highest BCUT2D eigenvalue weighted by atomic mass is 32.2. The summed E-state index contributed by atoms with van der Waals surface area (Å²) in [5.74, 6) is -0.230. The fourth-order valence-electron chi connectivity index (χ4n) is 3.90. The molecular weight excluding hydrogens is 430 g/mol. The van der Waals surface area contributed by atoms with Gasteiger partial charge in [-0.2, -0.15) is 0 Å². The van der Waals surface area contributed by atoms with E-state index in [1.54, 1.807) is 17.0 Å². The van der Waals surface area contributed by atoms with Gasteiger partial charge in [0.2, 0.25) is 15.9 Å². The molecule has 0 radical (unpaired) electrons. The number of sulfonamides is 1. The van der Waals surface area contributed by atoms with Crippen molar-refractivity contribution in [3.05, 3.63) is 59.7 Å². The van der Waals surface area contributed by atoms with Crippen LogP contribution < -0.4 is 14.9 Å². The number of carbonyl (C=O) groups excluding carboxylic acids is 2. The zero-order chi connectivity index (χ0) is 22.6. The van der Waals surface area contributed by atoms with Crippen molar-refractivity contribution in [1.29, 1.82) is 0 Å². The third-order valence-corrected chi connectivity index (χ3v) is 7.13. The molecule has 0 aromatic heterocycles. The largest absolute Gasteiger partial charge is 0.377 e. The lowest BCUT2D eigenvalue weighted by Gasteiger charge is -2.16. The first kappa shape index (κ1) is 22.4. The molecule has 4 rings (SSSR count). The van der Waals surface area contributed by atoms with Crippen LogP contribution in [-0.2, 0) is 26.1 Å². The van der Waals surface area contributed by atoms with E-state index in [-0.39, 0.29) is 34.9 Å². The van der Waals surface area contributed by atoms with Gasteiger partial charge in [-0.15, -0.1) is 0 Å². The minimum absolute atomic E-state index is 0.0442. The maximum Gasteiger partial charge on any atom is 0.251 e. The predicted molar refractivity (Wildman–Crippen MR) is 120 cm³/mol. The summed E-state index contributed by atoms with van der Waals surface area (Å²) in [7, 11) is -3.73. The Hall–Kier alpha value is -2.75. The van der Waals surface area contributed by atoms with Gasteiger partial charge >= 0.3 is 0 Å². The van der Waals surface area contributed by atoms with Gasteiger partial charge in [-0.25, -0.2) is 13.1 Å². The average Bonchev–Trinajstić information content (AvgIpc) is 3.48. The number of carbonyl (C=O) groups is 2. The quantitative estimate of drug-likeness (QED) is 0.632. The number of nitrogens with zero attached hydrogens (tertiary/aromatic N) is 1. The Morgan fingerprint density at radius 2 is 1.94 bits per heavy atom. The number of nitrogens with one attached hydrogen (secondary N) is 2. The summed E-state index contributed by atoms with van der Waals surface area (Å²) >= 11 is 0. The second-order valence-corrected chi connectivity index (χ2v) is 9.78. The van der Waals surface area contributed by atoms with Gasteiger partial charge in [-0.05, 0) is 55.2 Å². The van der Waals surface area contributed by atoms with Crippen LogP contribution in [-0.4, -0.2) is 46.0 Å². The lowest BCUT2D eigenvalue weighted by atomic mass is 10.1. The van der Waals surface area contributed by atoms with Gasteiger partial charge in [-0.3, -0.25) is 9.59 Å². The summed E-state index contributed by atoms with van der Waals surface area (Å²) in [4.78, 5) is 26.2. The maximum absolute atomic E-state index is 12.6. The normalized spacial score (nSPS) is 18.8. The van der Waals surface area contributed by atoms with Gasteiger partial charge in [0.25, 0.3) is 5.91 Å². The van der Waals surface area contributed by atoms with Gasteiger partial charge in [0.05, 0.1) is 11.0 Å². The molecule has 170 valence electrons. The highest BCUT2D eigenvalue weighted by Crippen LogP contribution is 2.21. The lowest BCUT2D eigenvalue weighted by molar-refractivity contribution is -0.117.